The summed E-state index contributed by atoms with van der Waals surface area (Å²) < 4.78 is 53.1. The van der Waals surface area contributed by atoms with Crippen molar-refractivity contribution in [2.45, 2.75) is 6.42 Å². The summed E-state index contributed by atoms with van der Waals surface area (Å²) in [6.45, 7) is 8.90. The van der Waals surface area contributed by atoms with Crippen LogP contribution in [0.1, 0.15) is 6.42 Å². The minimum atomic E-state index is -1.12. The van der Waals surface area contributed by atoms with Crippen LogP contribution in [0, 0.1) is 0 Å². The maximum absolute atomic E-state index is 10.2. The number of carbonyl (C=O) groups is 1. The van der Waals surface area contributed by atoms with Crippen LogP contribution in [-0.4, -0.2) is 150 Å². The van der Waals surface area contributed by atoms with Crippen molar-refractivity contribution in [3.8, 4) is 0 Å². The van der Waals surface area contributed by atoms with Gasteiger partial charge in [-0.15, -0.1) is 0 Å². The number of carboxylic acids is 1. The van der Waals surface area contributed by atoms with Crippen molar-refractivity contribution in [3.63, 3.8) is 0 Å². The van der Waals surface area contributed by atoms with Crippen molar-refractivity contribution >= 4 is 5.97 Å². The number of aliphatic carboxylic acids is 1. The van der Waals surface area contributed by atoms with Crippen molar-refractivity contribution in [1.29, 1.82) is 0 Å². The van der Waals surface area contributed by atoms with E-state index in [0.29, 0.717) is 126 Å². The Labute approximate surface area is 242 Å². The smallest absolute Gasteiger partial charge is 0.550 e. The maximum atomic E-state index is 10.2. The van der Waals surface area contributed by atoms with Crippen LogP contribution in [0.3, 0.4) is 0 Å². The quantitative estimate of drug-likeness (QED) is 0.0629. The zero-order valence-corrected chi connectivity index (χ0v) is 24.4. The third kappa shape index (κ3) is 38.2. The SMILES string of the molecule is O=C([O-])CCOCCOCCOCCOCCOCCOCCOCCOCCOCCOCCO.[Na+]. The van der Waals surface area contributed by atoms with E-state index in [-0.39, 0.29) is 49.2 Å². The Balaban J connectivity index is 0. The number of carboxylic acid groups (broad SMARTS) is 1. The van der Waals surface area contributed by atoms with E-state index in [2.05, 4.69) is 0 Å². The third-order valence-electron chi connectivity index (χ3n) is 4.03. The molecule has 0 aliphatic rings. The Kier molecular flexibility index (Phi) is 38.1. The fraction of sp³-hybridized carbons (Fsp3) is 0.957. The van der Waals surface area contributed by atoms with E-state index < -0.39 is 5.97 Å². The predicted octanol–water partition coefficient (Wildman–Crippen LogP) is -4.71. The van der Waals surface area contributed by atoms with E-state index in [1.807, 2.05) is 0 Å². The molecule has 216 valence electrons. The van der Waals surface area contributed by atoms with Crippen LogP contribution in [0.2, 0.25) is 0 Å². The first-order chi connectivity index (χ1) is 17.8. The molecule has 0 aliphatic heterocycles. The molecule has 0 saturated carbocycles. The van der Waals surface area contributed by atoms with Gasteiger partial charge in [-0.1, -0.05) is 0 Å². The van der Waals surface area contributed by atoms with Gasteiger partial charge in [-0.2, -0.15) is 0 Å². The molecule has 0 saturated heterocycles. The molecule has 14 heteroatoms. The van der Waals surface area contributed by atoms with Crippen LogP contribution in [0.4, 0.5) is 0 Å². The zero-order valence-electron chi connectivity index (χ0n) is 22.4. The molecule has 13 nitrogen and oxygen atoms in total. The van der Waals surface area contributed by atoms with Gasteiger partial charge in [0, 0.05) is 12.4 Å². The van der Waals surface area contributed by atoms with Gasteiger partial charge in [0.25, 0.3) is 0 Å². The molecule has 37 heavy (non-hydrogen) atoms. The minimum Gasteiger partial charge on any atom is -0.550 e. The van der Waals surface area contributed by atoms with Gasteiger partial charge in [-0.3, -0.25) is 0 Å². The first-order valence-electron chi connectivity index (χ1n) is 12.4. The number of carbonyl (C=O) groups excluding carboxylic acids is 1. The van der Waals surface area contributed by atoms with E-state index in [4.69, 9.17) is 52.5 Å². The Morgan fingerprint density at radius 3 is 0.784 bits per heavy atom. The van der Waals surface area contributed by atoms with Gasteiger partial charge in [0.15, 0.2) is 0 Å². The Bertz CT molecular complexity index is 435. The molecule has 0 aromatic carbocycles. The van der Waals surface area contributed by atoms with E-state index in [0.717, 1.165) is 0 Å². The van der Waals surface area contributed by atoms with Crippen LogP contribution in [0.15, 0.2) is 0 Å². The van der Waals surface area contributed by atoms with Crippen LogP contribution in [-0.2, 0) is 52.2 Å². The first-order valence-corrected chi connectivity index (χ1v) is 12.4. The van der Waals surface area contributed by atoms with Gasteiger partial charge >= 0.3 is 29.6 Å². The second-order valence-corrected chi connectivity index (χ2v) is 6.97. The summed E-state index contributed by atoms with van der Waals surface area (Å²) in [6, 6.07) is 0. The van der Waals surface area contributed by atoms with Gasteiger partial charge in [-0.25, -0.2) is 0 Å². The molecule has 0 heterocycles. The summed E-state index contributed by atoms with van der Waals surface area (Å²) >= 11 is 0. The Morgan fingerprint density at radius 1 is 0.405 bits per heavy atom. The molecule has 0 unspecified atom stereocenters. The zero-order chi connectivity index (χ0) is 26.2. The molecule has 0 fully saturated rings. The molecule has 0 aromatic heterocycles. The second kappa shape index (κ2) is 36.0. The normalized spacial score (nSPS) is 11.1. The van der Waals surface area contributed by atoms with Crippen LogP contribution < -0.4 is 34.7 Å². The molecule has 1 N–H and O–H groups in total. The largest absolute Gasteiger partial charge is 1.00 e. The number of ether oxygens (including phenoxy) is 10. The first kappa shape index (κ1) is 39.2. The fourth-order valence-electron chi connectivity index (χ4n) is 2.30. The van der Waals surface area contributed by atoms with Gasteiger partial charge in [0.1, 0.15) is 0 Å². The van der Waals surface area contributed by atoms with Crippen molar-refractivity contribution in [2.24, 2.45) is 0 Å². The number of aliphatic hydroxyl groups excluding tert-OH is 1. The van der Waals surface area contributed by atoms with Gasteiger partial charge < -0.3 is 62.4 Å². The topological polar surface area (TPSA) is 153 Å². The van der Waals surface area contributed by atoms with Crippen molar-refractivity contribution in [2.75, 3.05) is 139 Å². The molecule has 0 aliphatic carbocycles. The van der Waals surface area contributed by atoms with Gasteiger partial charge in [-0.05, 0) is 0 Å². The summed E-state index contributed by atoms with van der Waals surface area (Å²) in [5, 5.41) is 18.7. The standard InChI is InChI=1S/C23H46O13.Na/c24-2-4-28-6-8-30-10-12-32-14-16-34-18-20-36-22-21-35-19-17-33-15-13-31-11-9-29-7-5-27-3-1-23(25)26;/h24H,1-22H2,(H,25,26);/q;+1/p-1. The summed E-state index contributed by atoms with van der Waals surface area (Å²) in [7, 11) is 0. The molecule has 0 amide bonds. The summed E-state index contributed by atoms with van der Waals surface area (Å²) in [4.78, 5) is 10.2. The Hall–Kier alpha value is 0.0300. The van der Waals surface area contributed by atoms with Crippen LogP contribution in [0.5, 0.6) is 0 Å². The van der Waals surface area contributed by atoms with E-state index in [1.54, 1.807) is 0 Å². The predicted molar refractivity (Wildman–Crippen MR) is 125 cm³/mol. The molecule has 0 rings (SSSR count). The molecule has 0 spiro atoms. The minimum absolute atomic E-state index is 0. The summed E-state index contributed by atoms with van der Waals surface area (Å²) in [5.41, 5.74) is 0. The third-order valence-corrected chi connectivity index (χ3v) is 4.03. The average Bonchev–Trinajstić information content (AvgIpc) is 2.87. The number of aliphatic hydroxyl groups is 1. The monoisotopic (exact) mass is 552 g/mol. The fourth-order valence-corrected chi connectivity index (χ4v) is 2.30. The number of hydrogen-bond acceptors (Lipinski definition) is 13. The molecule has 0 aromatic rings. The van der Waals surface area contributed by atoms with Crippen LogP contribution in [0.25, 0.3) is 0 Å². The van der Waals surface area contributed by atoms with E-state index >= 15 is 0 Å². The van der Waals surface area contributed by atoms with Crippen molar-refractivity contribution in [1.82, 2.24) is 0 Å². The summed E-state index contributed by atoms with van der Waals surface area (Å²) in [5.74, 6) is -1.12. The molecule has 0 bridgehead atoms. The second-order valence-electron chi connectivity index (χ2n) is 6.97. The molecule has 0 atom stereocenters. The molecular weight excluding hydrogens is 507 g/mol. The summed E-state index contributed by atoms with van der Waals surface area (Å²) in [6.07, 6.45) is -0.112. The molecular formula is C23H45NaO13. The number of hydrogen-bond donors (Lipinski definition) is 1. The van der Waals surface area contributed by atoms with Crippen molar-refractivity contribution in [3.05, 3.63) is 0 Å². The number of rotatable bonds is 32. The van der Waals surface area contributed by atoms with Crippen LogP contribution >= 0.6 is 0 Å². The maximum Gasteiger partial charge on any atom is 1.00 e. The van der Waals surface area contributed by atoms with E-state index in [1.165, 1.54) is 0 Å². The Morgan fingerprint density at radius 2 is 0.595 bits per heavy atom. The average molecular weight is 553 g/mol. The molecule has 0 radical (unpaired) electrons. The van der Waals surface area contributed by atoms with E-state index in [9.17, 15) is 9.90 Å². The van der Waals surface area contributed by atoms with Crippen molar-refractivity contribution < 1.29 is 91.9 Å². The van der Waals surface area contributed by atoms with Gasteiger partial charge in [0.05, 0.1) is 139 Å². The van der Waals surface area contributed by atoms with Gasteiger partial charge in [0.2, 0.25) is 0 Å².